The van der Waals surface area contributed by atoms with E-state index in [2.05, 4.69) is 17.2 Å². The first kappa shape index (κ1) is 17.1. The fourth-order valence-corrected chi connectivity index (χ4v) is 2.92. The van der Waals surface area contributed by atoms with Crippen LogP contribution in [0.5, 0.6) is 5.75 Å². The van der Waals surface area contributed by atoms with Gasteiger partial charge in [0.05, 0.1) is 12.3 Å². The Balaban J connectivity index is 1.68. The highest BCUT2D eigenvalue weighted by Crippen LogP contribution is 2.27. The van der Waals surface area contributed by atoms with Crippen LogP contribution in [0.1, 0.15) is 23.7 Å². The Hall–Kier alpha value is -2.73. The maximum absolute atomic E-state index is 13.2. The Morgan fingerprint density at radius 1 is 1.24 bits per heavy atom. The fraction of sp³-hybridized carbons (Fsp3) is 0.158. The average molecular weight is 356 g/mol. The Morgan fingerprint density at radius 2 is 2.04 bits per heavy atom. The van der Waals surface area contributed by atoms with Crippen LogP contribution in [0.15, 0.2) is 53.9 Å². The van der Waals surface area contributed by atoms with Gasteiger partial charge in [0.2, 0.25) is 0 Å². The molecule has 3 aromatic rings. The highest BCUT2D eigenvalue weighted by Gasteiger charge is 2.10. The summed E-state index contributed by atoms with van der Waals surface area (Å²) >= 11 is 1.32. The average Bonchev–Trinajstić information content (AvgIpc) is 3.09. The van der Waals surface area contributed by atoms with Crippen LogP contribution < -0.4 is 10.1 Å². The number of rotatable bonds is 6. The van der Waals surface area contributed by atoms with Gasteiger partial charge in [0, 0.05) is 16.5 Å². The summed E-state index contributed by atoms with van der Waals surface area (Å²) in [6.07, 6.45) is 0.961. The first-order valence-electron chi connectivity index (χ1n) is 7.91. The van der Waals surface area contributed by atoms with E-state index in [1.165, 1.54) is 29.5 Å². The van der Waals surface area contributed by atoms with Crippen molar-refractivity contribution in [2.75, 3.05) is 11.9 Å². The maximum atomic E-state index is 13.2. The number of nitrogens with one attached hydrogen (secondary N) is 1. The van der Waals surface area contributed by atoms with Crippen molar-refractivity contribution in [3.8, 4) is 17.0 Å². The third kappa shape index (κ3) is 4.42. The molecular formula is C19H17FN2O2S. The van der Waals surface area contributed by atoms with Crippen molar-refractivity contribution < 1.29 is 13.9 Å². The molecule has 0 spiro atoms. The summed E-state index contributed by atoms with van der Waals surface area (Å²) in [7, 11) is 0. The fourth-order valence-electron chi connectivity index (χ4n) is 2.20. The van der Waals surface area contributed by atoms with Crippen LogP contribution in [0.2, 0.25) is 0 Å². The number of hydrogen-bond acceptors (Lipinski definition) is 4. The second kappa shape index (κ2) is 7.90. The number of thiazole rings is 1. The molecule has 1 amide bonds. The van der Waals surface area contributed by atoms with Gasteiger partial charge in [0.25, 0.3) is 5.91 Å². The van der Waals surface area contributed by atoms with Gasteiger partial charge in [0.1, 0.15) is 11.6 Å². The maximum Gasteiger partial charge on any atom is 0.257 e. The van der Waals surface area contributed by atoms with Crippen molar-refractivity contribution in [2.24, 2.45) is 0 Å². The van der Waals surface area contributed by atoms with E-state index >= 15 is 0 Å². The number of benzene rings is 2. The summed E-state index contributed by atoms with van der Waals surface area (Å²) in [6, 6.07) is 13.2. The van der Waals surface area contributed by atoms with E-state index in [9.17, 15) is 9.18 Å². The lowest BCUT2D eigenvalue weighted by Gasteiger charge is -2.04. The standard InChI is InChI=1S/C19H17FN2O2S/c1-2-10-24-16-8-6-13(7-9-16)17-12-25-19(21-17)22-18(23)14-4-3-5-15(20)11-14/h3-9,11-12H,2,10H2,1H3,(H,21,22,23). The number of anilines is 1. The largest absolute Gasteiger partial charge is 0.494 e. The molecule has 0 aliphatic carbocycles. The predicted octanol–water partition coefficient (Wildman–Crippen LogP) is 4.99. The van der Waals surface area contributed by atoms with Gasteiger partial charge in [-0.05, 0) is 48.9 Å². The highest BCUT2D eigenvalue weighted by atomic mass is 32.1. The number of nitrogens with zero attached hydrogens (tertiary/aromatic N) is 1. The Morgan fingerprint density at radius 3 is 2.76 bits per heavy atom. The lowest BCUT2D eigenvalue weighted by molar-refractivity contribution is 0.102. The van der Waals surface area contributed by atoms with Crippen LogP contribution in [-0.2, 0) is 0 Å². The topological polar surface area (TPSA) is 51.2 Å². The van der Waals surface area contributed by atoms with E-state index in [0.29, 0.717) is 11.7 Å². The molecule has 0 unspecified atom stereocenters. The summed E-state index contributed by atoms with van der Waals surface area (Å²) in [4.78, 5) is 16.5. The minimum Gasteiger partial charge on any atom is -0.494 e. The van der Waals surface area contributed by atoms with Gasteiger partial charge in [-0.15, -0.1) is 11.3 Å². The van der Waals surface area contributed by atoms with Crippen molar-refractivity contribution in [3.63, 3.8) is 0 Å². The third-order valence-electron chi connectivity index (χ3n) is 3.43. The highest BCUT2D eigenvalue weighted by molar-refractivity contribution is 7.14. The molecule has 0 aliphatic heterocycles. The second-order valence-corrected chi connectivity index (χ2v) is 6.23. The quantitative estimate of drug-likeness (QED) is 0.677. The molecule has 1 N–H and O–H groups in total. The Kier molecular flexibility index (Phi) is 5.40. The van der Waals surface area contributed by atoms with E-state index in [4.69, 9.17) is 4.74 Å². The Bertz CT molecular complexity index is 862. The SMILES string of the molecule is CCCOc1ccc(-c2csc(NC(=O)c3cccc(F)c3)n2)cc1. The number of carbonyl (C=O) groups excluding carboxylic acids is 1. The van der Waals surface area contributed by atoms with Crippen molar-refractivity contribution >= 4 is 22.4 Å². The minimum absolute atomic E-state index is 0.258. The molecule has 1 aromatic heterocycles. The normalized spacial score (nSPS) is 10.5. The summed E-state index contributed by atoms with van der Waals surface area (Å²) in [5.41, 5.74) is 1.96. The monoisotopic (exact) mass is 356 g/mol. The molecule has 1 heterocycles. The van der Waals surface area contributed by atoms with E-state index in [1.807, 2.05) is 29.6 Å². The second-order valence-electron chi connectivity index (χ2n) is 5.38. The number of aromatic nitrogens is 1. The molecule has 0 saturated carbocycles. The molecule has 0 saturated heterocycles. The molecule has 3 rings (SSSR count). The van der Waals surface area contributed by atoms with E-state index < -0.39 is 5.82 Å². The van der Waals surface area contributed by atoms with Crippen LogP contribution in [0.4, 0.5) is 9.52 Å². The van der Waals surface area contributed by atoms with Crippen molar-refractivity contribution in [1.29, 1.82) is 0 Å². The lowest BCUT2D eigenvalue weighted by Crippen LogP contribution is -2.11. The van der Waals surface area contributed by atoms with Crippen LogP contribution in [0.25, 0.3) is 11.3 Å². The van der Waals surface area contributed by atoms with Crippen molar-refractivity contribution in [3.05, 3.63) is 65.3 Å². The van der Waals surface area contributed by atoms with Gasteiger partial charge in [-0.2, -0.15) is 0 Å². The number of carbonyl (C=O) groups is 1. The van der Waals surface area contributed by atoms with Gasteiger partial charge < -0.3 is 4.74 Å². The number of hydrogen-bond donors (Lipinski definition) is 1. The van der Waals surface area contributed by atoms with Gasteiger partial charge in [-0.3, -0.25) is 10.1 Å². The summed E-state index contributed by atoms with van der Waals surface area (Å²) < 4.78 is 18.8. The van der Waals surface area contributed by atoms with Crippen LogP contribution in [0, 0.1) is 5.82 Å². The molecule has 0 bridgehead atoms. The molecule has 0 aliphatic rings. The zero-order chi connectivity index (χ0) is 17.6. The molecular weight excluding hydrogens is 339 g/mol. The van der Waals surface area contributed by atoms with E-state index in [1.54, 1.807) is 6.07 Å². The molecule has 128 valence electrons. The lowest BCUT2D eigenvalue weighted by atomic mass is 10.2. The van der Waals surface area contributed by atoms with Crippen molar-refractivity contribution in [2.45, 2.75) is 13.3 Å². The number of amides is 1. The smallest absolute Gasteiger partial charge is 0.257 e. The van der Waals surface area contributed by atoms with Crippen LogP contribution >= 0.6 is 11.3 Å². The third-order valence-corrected chi connectivity index (χ3v) is 4.19. The molecule has 25 heavy (non-hydrogen) atoms. The summed E-state index contributed by atoms with van der Waals surface area (Å²) in [6.45, 7) is 2.75. The zero-order valence-electron chi connectivity index (χ0n) is 13.7. The van der Waals surface area contributed by atoms with E-state index in [0.717, 1.165) is 23.4 Å². The Labute approximate surface area is 149 Å². The zero-order valence-corrected chi connectivity index (χ0v) is 14.5. The first-order chi connectivity index (χ1) is 12.2. The molecule has 2 aromatic carbocycles. The minimum atomic E-state index is -0.446. The first-order valence-corrected chi connectivity index (χ1v) is 8.79. The van der Waals surface area contributed by atoms with Crippen LogP contribution in [0.3, 0.4) is 0 Å². The van der Waals surface area contributed by atoms with Gasteiger partial charge in [-0.1, -0.05) is 13.0 Å². The van der Waals surface area contributed by atoms with Crippen LogP contribution in [-0.4, -0.2) is 17.5 Å². The van der Waals surface area contributed by atoms with Gasteiger partial charge in [0.15, 0.2) is 5.13 Å². The molecule has 0 radical (unpaired) electrons. The molecule has 0 fully saturated rings. The molecule has 0 atom stereocenters. The molecule has 6 heteroatoms. The molecule has 4 nitrogen and oxygen atoms in total. The van der Waals surface area contributed by atoms with Crippen molar-refractivity contribution in [1.82, 2.24) is 4.98 Å². The van der Waals surface area contributed by atoms with Gasteiger partial charge in [-0.25, -0.2) is 9.37 Å². The summed E-state index contributed by atoms with van der Waals surface area (Å²) in [5, 5.41) is 5.02. The number of ether oxygens (including phenoxy) is 1. The van der Waals surface area contributed by atoms with E-state index in [-0.39, 0.29) is 11.5 Å². The number of halogens is 1. The summed E-state index contributed by atoms with van der Waals surface area (Å²) in [5.74, 6) is -0.0120. The van der Waals surface area contributed by atoms with Gasteiger partial charge >= 0.3 is 0 Å². The predicted molar refractivity (Wildman–Crippen MR) is 97.7 cm³/mol.